The van der Waals surface area contributed by atoms with E-state index in [0.717, 1.165) is 18.6 Å². The van der Waals surface area contributed by atoms with E-state index < -0.39 is 0 Å². The van der Waals surface area contributed by atoms with Crippen molar-refractivity contribution in [3.05, 3.63) is 72.2 Å². The summed E-state index contributed by atoms with van der Waals surface area (Å²) < 4.78 is 5.42. The van der Waals surface area contributed by atoms with E-state index in [0.29, 0.717) is 6.04 Å². The normalized spacial score (nSPS) is 12.7. The summed E-state index contributed by atoms with van der Waals surface area (Å²) >= 11 is 0. The Morgan fingerprint density at radius 3 is 2.65 bits per heavy atom. The van der Waals surface area contributed by atoms with Crippen LogP contribution in [-0.4, -0.2) is 7.05 Å². The quantitative estimate of drug-likeness (QED) is 0.743. The van der Waals surface area contributed by atoms with Gasteiger partial charge in [0.05, 0.1) is 6.26 Å². The number of rotatable bonds is 5. The summed E-state index contributed by atoms with van der Waals surface area (Å²) in [4.78, 5) is 0. The molecule has 1 unspecified atom stereocenters. The number of benzene rings is 2. The molecule has 2 aromatic carbocycles. The summed E-state index contributed by atoms with van der Waals surface area (Å²) in [6, 6.07) is 19.4. The predicted octanol–water partition coefficient (Wildman–Crippen LogP) is 4.33. The molecule has 3 aromatic rings. The number of hydrogen-bond donors (Lipinski definition) is 1. The van der Waals surface area contributed by atoms with Crippen LogP contribution >= 0.6 is 0 Å². The van der Waals surface area contributed by atoms with Gasteiger partial charge < -0.3 is 9.73 Å². The van der Waals surface area contributed by atoms with Crippen LogP contribution in [0.2, 0.25) is 0 Å². The molecule has 0 aliphatic carbocycles. The van der Waals surface area contributed by atoms with Crippen LogP contribution in [0.1, 0.15) is 23.8 Å². The van der Waals surface area contributed by atoms with Gasteiger partial charge in [-0.05, 0) is 41.9 Å². The first-order valence-corrected chi connectivity index (χ1v) is 7.06. The van der Waals surface area contributed by atoms with E-state index in [9.17, 15) is 0 Å². The highest BCUT2D eigenvalue weighted by molar-refractivity contribution is 5.86. The highest BCUT2D eigenvalue weighted by Crippen LogP contribution is 2.27. The average Bonchev–Trinajstić information content (AvgIpc) is 3.01. The molecule has 0 aliphatic heterocycles. The molecule has 0 aliphatic rings. The highest BCUT2D eigenvalue weighted by Gasteiger charge is 2.12. The van der Waals surface area contributed by atoms with Crippen LogP contribution in [0.4, 0.5) is 0 Å². The van der Waals surface area contributed by atoms with Gasteiger partial charge in [-0.2, -0.15) is 0 Å². The minimum atomic E-state index is 0.339. The van der Waals surface area contributed by atoms with Gasteiger partial charge in [0, 0.05) is 12.5 Å². The summed E-state index contributed by atoms with van der Waals surface area (Å²) in [7, 11) is 2.02. The Labute approximate surface area is 119 Å². The summed E-state index contributed by atoms with van der Waals surface area (Å²) in [6.07, 6.45) is 3.71. The van der Waals surface area contributed by atoms with Gasteiger partial charge in [-0.15, -0.1) is 0 Å². The molecule has 1 N–H and O–H groups in total. The summed E-state index contributed by atoms with van der Waals surface area (Å²) in [5.74, 6) is 1.05. The lowest BCUT2D eigenvalue weighted by atomic mass is 9.95. The van der Waals surface area contributed by atoms with Gasteiger partial charge in [-0.25, -0.2) is 0 Å². The van der Waals surface area contributed by atoms with Crippen molar-refractivity contribution in [3.63, 3.8) is 0 Å². The molecule has 0 saturated carbocycles. The molecule has 0 saturated heterocycles. The maximum Gasteiger partial charge on any atom is 0.103 e. The molecule has 0 bridgehead atoms. The summed E-state index contributed by atoms with van der Waals surface area (Å²) in [5, 5.41) is 6.05. The van der Waals surface area contributed by atoms with Crippen molar-refractivity contribution in [2.24, 2.45) is 0 Å². The van der Waals surface area contributed by atoms with Crippen molar-refractivity contribution in [2.75, 3.05) is 7.05 Å². The van der Waals surface area contributed by atoms with Gasteiger partial charge in [0.15, 0.2) is 0 Å². The minimum absolute atomic E-state index is 0.339. The van der Waals surface area contributed by atoms with Crippen LogP contribution in [0.5, 0.6) is 0 Å². The van der Waals surface area contributed by atoms with Crippen molar-refractivity contribution in [1.82, 2.24) is 5.32 Å². The molecule has 2 nitrogen and oxygen atoms in total. The van der Waals surface area contributed by atoms with Crippen molar-refractivity contribution < 1.29 is 4.42 Å². The fourth-order valence-corrected chi connectivity index (χ4v) is 2.75. The Hall–Kier alpha value is -2.06. The third-order valence-electron chi connectivity index (χ3n) is 3.81. The number of hydrogen-bond acceptors (Lipinski definition) is 2. The van der Waals surface area contributed by atoms with Crippen LogP contribution in [-0.2, 0) is 6.42 Å². The van der Waals surface area contributed by atoms with E-state index >= 15 is 0 Å². The maximum atomic E-state index is 5.42. The van der Waals surface area contributed by atoms with E-state index in [-0.39, 0.29) is 0 Å². The van der Waals surface area contributed by atoms with Crippen molar-refractivity contribution in [2.45, 2.75) is 18.9 Å². The molecule has 1 atom stereocenters. The van der Waals surface area contributed by atoms with Crippen molar-refractivity contribution in [1.29, 1.82) is 0 Å². The second-order valence-corrected chi connectivity index (χ2v) is 5.03. The standard InChI is InChI=1S/C18H19NO/c1-19-18(12-11-15-8-5-13-20-15)17-10-4-7-14-6-2-3-9-16(14)17/h2-10,13,18-19H,11-12H2,1H3. The minimum Gasteiger partial charge on any atom is -0.469 e. The van der Waals surface area contributed by atoms with Crippen LogP contribution < -0.4 is 5.32 Å². The van der Waals surface area contributed by atoms with E-state index in [4.69, 9.17) is 4.42 Å². The zero-order valence-corrected chi connectivity index (χ0v) is 11.7. The van der Waals surface area contributed by atoms with Crippen LogP contribution in [0.25, 0.3) is 10.8 Å². The van der Waals surface area contributed by atoms with Crippen LogP contribution in [0.3, 0.4) is 0 Å². The average molecular weight is 265 g/mol. The molecule has 0 amide bonds. The number of nitrogens with one attached hydrogen (secondary N) is 1. The fraction of sp³-hybridized carbons (Fsp3) is 0.222. The second kappa shape index (κ2) is 5.93. The van der Waals surface area contributed by atoms with Crippen LogP contribution in [0, 0.1) is 0 Å². The lowest BCUT2D eigenvalue weighted by Crippen LogP contribution is -2.17. The van der Waals surface area contributed by atoms with Crippen molar-refractivity contribution >= 4 is 10.8 Å². The molecule has 1 aromatic heterocycles. The van der Waals surface area contributed by atoms with Crippen LogP contribution in [0.15, 0.2) is 65.3 Å². The SMILES string of the molecule is CNC(CCc1ccco1)c1cccc2ccccc12. The first-order valence-electron chi connectivity index (χ1n) is 7.06. The van der Waals surface area contributed by atoms with Crippen molar-refractivity contribution in [3.8, 4) is 0 Å². The molecule has 1 heterocycles. The van der Waals surface area contributed by atoms with Gasteiger partial charge in [0.2, 0.25) is 0 Å². The monoisotopic (exact) mass is 265 g/mol. The number of aryl methyl sites for hydroxylation is 1. The van der Waals surface area contributed by atoms with E-state index in [2.05, 4.69) is 47.8 Å². The third kappa shape index (κ3) is 2.61. The van der Waals surface area contributed by atoms with Gasteiger partial charge in [-0.1, -0.05) is 42.5 Å². The van der Waals surface area contributed by atoms with Gasteiger partial charge in [0.25, 0.3) is 0 Å². The van der Waals surface area contributed by atoms with E-state index in [1.165, 1.54) is 16.3 Å². The topological polar surface area (TPSA) is 25.2 Å². The molecular formula is C18H19NO. The third-order valence-corrected chi connectivity index (χ3v) is 3.81. The Morgan fingerprint density at radius 2 is 1.85 bits per heavy atom. The Morgan fingerprint density at radius 1 is 1.00 bits per heavy atom. The molecule has 20 heavy (non-hydrogen) atoms. The van der Waals surface area contributed by atoms with E-state index in [1.54, 1.807) is 6.26 Å². The first-order chi connectivity index (χ1) is 9.88. The number of fused-ring (bicyclic) bond motifs is 1. The summed E-state index contributed by atoms with van der Waals surface area (Å²) in [5.41, 5.74) is 1.36. The zero-order chi connectivity index (χ0) is 13.8. The van der Waals surface area contributed by atoms with E-state index in [1.807, 2.05) is 19.2 Å². The zero-order valence-electron chi connectivity index (χ0n) is 11.7. The molecular weight excluding hydrogens is 246 g/mol. The number of furan rings is 1. The lowest BCUT2D eigenvalue weighted by Gasteiger charge is -2.18. The van der Waals surface area contributed by atoms with Gasteiger partial charge in [0.1, 0.15) is 5.76 Å². The summed E-state index contributed by atoms with van der Waals surface area (Å²) in [6.45, 7) is 0. The fourth-order valence-electron chi connectivity index (χ4n) is 2.75. The van der Waals surface area contributed by atoms with Gasteiger partial charge >= 0.3 is 0 Å². The molecule has 2 heteroatoms. The maximum absolute atomic E-state index is 5.42. The predicted molar refractivity (Wildman–Crippen MR) is 82.8 cm³/mol. The molecule has 3 rings (SSSR count). The molecule has 102 valence electrons. The largest absolute Gasteiger partial charge is 0.469 e. The lowest BCUT2D eigenvalue weighted by molar-refractivity contribution is 0.470. The first kappa shape index (κ1) is 12.9. The smallest absolute Gasteiger partial charge is 0.103 e. The van der Waals surface area contributed by atoms with Gasteiger partial charge in [-0.3, -0.25) is 0 Å². The Balaban J connectivity index is 1.87. The molecule has 0 spiro atoms. The molecule has 0 fully saturated rings. The highest BCUT2D eigenvalue weighted by atomic mass is 16.3. The molecule has 0 radical (unpaired) electrons. The Kier molecular flexibility index (Phi) is 3.84. The second-order valence-electron chi connectivity index (χ2n) is 5.03. The Bertz CT molecular complexity index is 667.